The third-order valence-electron chi connectivity index (χ3n) is 3.59. The Labute approximate surface area is 151 Å². The van der Waals surface area contributed by atoms with Gasteiger partial charge in [0.15, 0.2) is 0 Å². The van der Waals surface area contributed by atoms with E-state index >= 15 is 0 Å². The Morgan fingerprint density at radius 2 is 1.08 bits per heavy atom. The van der Waals surface area contributed by atoms with Crippen LogP contribution < -0.4 is 9.44 Å². The molecule has 0 saturated heterocycles. The molecule has 6 nitrogen and oxygen atoms in total. The van der Waals surface area contributed by atoms with Crippen LogP contribution in [0.5, 0.6) is 0 Å². The summed E-state index contributed by atoms with van der Waals surface area (Å²) in [5.41, 5.74) is 0.362. The zero-order valence-electron chi connectivity index (χ0n) is 14.1. The minimum atomic E-state index is -3.90. The first kappa shape index (κ1) is 20.4. The summed E-state index contributed by atoms with van der Waals surface area (Å²) in [5, 5.41) is 0. The standard InChI is InChI=1S/C16H18F2N2O4S2/c1-11-9-13(3-5-15(11)17)25(21,22)19-7-8-20-26(23,24)14-4-6-16(18)12(2)10-14/h3-6,9-10,19-20H,7-8H2,1-2H3. The fourth-order valence-corrected chi connectivity index (χ4v) is 4.34. The van der Waals surface area contributed by atoms with Crippen molar-refractivity contribution in [3.63, 3.8) is 0 Å². The number of sulfonamides is 2. The average Bonchev–Trinajstić information content (AvgIpc) is 2.56. The lowest BCUT2D eigenvalue weighted by molar-refractivity contribution is 0.569. The molecule has 0 radical (unpaired) electrons. The SMILES string of the molecule is Cc1cc(S(=O)(=O)NCCNS(=O)(=O)c2ccc(F)c(C)c2)ccc1F. The maximum atomic E-state index is 13.2. The second-order valence-corrected chi connectivity index (χ2v) is 9.15. The summed E-state index contributed by atoms with van der Waals surface area (Å²) < 4.78 is 79.4. The van der Waals surface area contributed by atoms with Crippen molar-refractivity contribution < 1.29 is 25.6 Å². The fraction of sp³-hybridized carbons (Fsp3) is 0.250. The molecular formula is C16H18F2N2O4S2. The van der Waals surface area contributed by atoms with E-state index in [4.69, 9.17) is 0 Å². The summed E-state index contributed by atoms with van der Waals surface area (Å²) in [6.45, 7) is 2.46. The molecule has 2 aromatic rings. The van der Waals surface area contributed by atoms with Crippen molar-refractivity contribution >= 4 is 20.0 Å². The molecule has 0 atom stereocenters. The molecule has 142 valence electrons. The largest absolute Gasteiger partial charge is 0.240 e. The normalized spacial score (nSPS) is 12.3. The van der Waals surface area contributed by atoms with Crippen LogP contribution in [0.1, 0.15) is 11.1 Å². The predicted molar refractivity (Wildman–Crippen MR) is 92.7 cm³/mol. The van der Waals surface area contributed by atoms with Crippen molar-refractivity contribution in [3.8, 4) is 0 Å². The highest BCUT2D eigenvalue weighted by atomic mass is 32.2. The first-order valence-electron chi connectivity index (χ1n) is 7.54. The van der Waals surface area contributed by atoms with Crippen LogP contribution in [0, 0.1) is 25.5 Å². The van der Waals surface area contributed by atoms with Crippen LogP contribution in [0.2, 0.25) is 0 Å². The van der Waals surface area contributed by atoms with Gasteiger partial charge >= 0.3 is 0 Å². The molecule has 0 amide bonds. The second-order valence-electron chi connectivity index (χ2n) is 5.62. The smallest absolute Gasteiger partial charge is 0.210 e. The minimum absolute atomic E-state index is 0.117. The lowest BCUT2D eigenvalue weighted by Crippen LogP contribution is -2.34. The molecule has 0 bridgehead atoms. The number of benzene rings is 2. The van der Waals surface area contributed by atoms with E-state index in [0.717, 1.165) is 24.3 Å². The third kappa shape index (κ3) is 4.85. The van der Waals surface area contributed by atoms with Crippen LogP contribution in [0.25, 0.3) is 0 Å². The number of hydrogen-bond acceptors (Lipinski definition) is 4. The second kappa shape index (κ2) is 7.78. The van der Waals surface area contributed by atoms with Crippen LogP contribution >= 0.6 is 0 Å². The highest BCUT2D eigenvalue weighted by Gasteiger charge is 2.17. The molecule has 0 spiro atoms. The first-order chi connectivity index (χ1) is 12.0. The van der Waals surface area contributed by atoms with Gasteiger partial charge in [-0.05, 0) is 61.4 Å². The van der Waals surface area contributed by atoms with Crippen LogP contribution in [-0.2, 0) is 20.0 Å². The van der Waals surface area contributed by atoms with Crippen LogP contribution in [0.4, 0.5) is 8.78 Å². The number of nitrogens with one attached hydrogen (secondary N) is 2. The van der Waals surface area contributed by atoms with Gasteiger partial charge in [-0.1, -0.05) is 0 Å². The molecule has 26 heavy (non-hydrogen) atoms. The number of halogens is 2. The highest BCUT2D eigenvalue weighted by molar-refractivity contribution is 7.89. The van der Waals surface area contributed by atoms with E-state index in [1.165, 1.54) is 26.0 Å². The molecule has 0 aliphatic heterocycles. The van der Waals surface area contributed by atoms with Gasteiger partial charge in [0, 0.05) is 13.1 Å². The summed E-state index contributed by atoms with van der Waals surface area (Å²) in [5.74, 6) is -1.04. The molecule has 0 fully saturated rings. The zero-order chi connectivity index (χ0) is 19.5. The van der Waals surface area contributed by atoms with Crippen molar-refractivity contribution in [1.82, 2.24) is 9.44 Å². The van der Waals surface area contributed by atoms with Gasteiger partial charge in [0.1, 0.15) is 11.6 Å². The third-order valence-corrected chi connectivity index (χ3v) is 6.51. The Hall–Kier alpha value is -1.88. The van der Waals surface area contributed by atoms with E-state index in [1.807, 2.05) is 0 Å². The van der Waals surface area contributed by atoms with Crippen molar-refractivity contribution in [2.24, 2.45) is 0 Å². The van der Waals surface area contributed by atoms with E-state index < -0.39 is 31.7 Å². The van der Waals surface area contributed by atoms with E-state index in [0.29, 0.717) is 0 Å². The lowest BCUT2D eigenvalue weighted by Gasteiger charge is -2.10. The maximum absolute atomic E-state index is 13.2. The molecule has 0 aliphatic rings. The average molecular weight is 404 g/mol. The van der Waals surface area contributed by atoms with E-state index in [2.05, 4.69) is 9.44 Å². The molecule has 2 N–H and O–H groups in total. The monoisotopic (exact) mass is 404 g/mol. The summed E-state index contributed by atoms with van der Waals surface area (Å²) in [6, 6.07) is 6.70. The Morgan fingerprint density at radius 1 is 0.731 bits per heavy atom. The molecule has 0 heterocycles. The van der Waals surface area contributed by atoms with Crippen molar-refractivity contribution in [2.75, 3.05) is 13.1 Å². The van der Waals surface area contributed by atoms with Gasteiger partial charge in [0.2, 0.25) is 20.0 Å². The summed E-state index contributed by atoms with van der Waals surface area (Å²) in [6.07, 6.45) is 0. The van der Waals surface area contributed by atoms with Gasteiger partial charge < -0.3 is 0 Å². The molecule has 10 heteroatoms. The van der Waals surface area contributed by atoms with Gasteiger partial charge in [-0.25, -0.2) is 35.1 Å². The molecular weight excluding hydrogens is 386 g/mol. The van der Waals surface area contributed by atoms with Gasteiger partial charge in [-0.3, -0.25) is 0 Å². The number of hydrogen-bond donors (Lipinski definition) is 2. The van der Waals surface area contributed by atoms with E-state index in [9.17, 15) is 25.6 Å². The number of rotatable bonds is 7. The highest BCUT2D eigenvalue weighted by Crippen LogP contribution is 2.15. The summed E-state index contributed by atoms with van der Waals surface area (Å²) in [4.78, 5) is -0.234. The minimum Gasteiger partial charge on any atom is -0.210 e. The lowest BCUT2D eigenvalue weighted by atomic mass is 10.2. The van der Waals surface area contributed by atoms with Crippen LogP contribution in [0.3, 0.4) is 0 Å². The predicted octanol–water partition coefficient (Wildman–Crippen LogP) is 1.84. The van der Waals surface area contributed by atoms with Crippen molar-refractivity contribution in [3.05, 3.63) is 59.2 Å². The van der Waals surface area contributed by atoms with Crippen molar-refractivity contribution in [2.45, 2.75) is 23.6 Å². The molecule has 0 aliphatic carbocycles. The zero-order valence-corrected chi connectivity index (χ0v) is 15.7. The fourth-order valence-electron chi connectivity index (χ4n) is 2.11. The Balaban J connectivity index is 1.98. The van der Waals surface area contributed by atoms with E-state index in [-0.39, 0.29) is 34.0 Å². The topological polar surface area (TPSA) is 92.3 Å². The Kier molecular flexibility index (Phi) is 6.12. The first-order valence-corrected chi connectivity index (χ1v) is 10.5. The molecule has 2 rings (SSSR count). The maximum Gasteiger partial charge on any atom is 0.240 e. The van der Waals surface area contributed by atoms with E-state index in [1.54, 1.807) is 0 Å². The van der Waals surface area contributed by atoms with Crippen molar-refractivity contribution in [1.29, 1.82) is 0 Å². The molecule has 0 unspecified atom stereocenters. The Bertz CT molecular complexity index is 939. The van der Waals surface area contributed by atoms with Gasteiger partial charge in [-0.2, -0.15) is 0 Å². The molecule has 0 saturated carbocycles. The molecule has 2 aromatic carbocycles. The quantitative estimate of drug-likeness (QED) is 0.689. The molecule has 0 aromatic heterocycles. The Morgan fingerprint density at radius 3 is 1.38 bits per heavy atom. The van der Waals surface area contributed by atoms with Gasteiger partial charge in [0.05, 0.1) is 9.79 Å². The summed E-state index contributed by atoms with van der Waals surface area (Å²) in [7, 11) is -7.79. The summed E-state index contributed by atoms with van der Waals surface area (Å²) >= 11 is 0. The van der Waals surface area contributed by atoms with Gasteiger partial charge in [0.25, 0.3) is 0 Å². The van der Waals surface area contributed by atoms with Crippen LogP contribution in [-0.4, -0.2) is 29.9 Å². The number of aryl methyl sites for hydroxylation is 2. The van der Waals surface area contributed by atoms with Gasteiger partial charge in [-0.15, -0.1) is 0 Å². The van der Waals surface area contributed by atoms with Crippen LogP contribution in [0.15, 0.2) is 46.2 Å².